The molecule has 18 heavy (non-hydrogen) atoms. The van der Waals surface area contributed by atoms with Gasteiger partial charge in [-0.3, -0.25) is 0 Å². The molecule has 0 saturated carbocycles. The summed E-state index contributed by atoms with van der Waals surface area (Å²) in [5.74, 6) is 0.725. The van der Waals surface area contributed by atoms with Gasteiger partial charge < -0.3 is 5.32 Å². The Morgan fingerprint density at radius 1 is 1.22 bits per heavy atom. The summed E-state index contributed by atoms with van der Waals surface area (Å²) >= 11 is 1.97. The van der Waals surface area contributed by atoms with Crippen LogP contribution in [0.4, 0.5) is 0 Å². The maximum Gasteiger partial charge on any atom is 0.110 e. The van der Waals surface area contributed by atoms with E-state index >= 15 is 0 Å². The number of aryl methyl sites for hydroxylation is 2. The third kappa shape index (κ3) is 2.94. The fourth-order valence-corrected chi connectivity index (χ4v) is 4.18. The van der Waals surface area contributed by atoms with Crippen molar-refractivity contribution in [2.24, 2.45) is 5.92 Å². The summed E-state index contributed by atoms with van der Waals surface area (Å²) in [4.78, 5) is 6.47. The highest BCUT2D eigenvalue weighted by molar-refractivity contribution is 7.11. The molecular formula is C15H26N2S. The molecule has 1 aliphatic carbocycles. The minimum atomic E-state index is 0.482. The van der Waals surface area contributed by atoms with Crippen LogP contribution in [0.1, 0.15) is 68.1 Å². The Balaban J connectivity index is 2.15. The summed E-state index contributed by atoms with van der Waals surface area (Å²) in [6, 6.07) is 0.482. The van der Waals surface area contributed by atoms with E-state index in [1.807, 2.05) is 11.3 Å². The van der Waals surface area contributed by atoms with Gasteiger partial charge in [-0.15, -0.1) is 11.3 Å². The van der Waals surface area contributed by atoms with Crippen molar-refractivity contribution in [3.05, 3.63) is 15.6 Å². The van der Waals surface area contributed by atoms with Crippen LogP contribution >= 0.6 is 11.3 Å². The summed E-state index contributed by atoms with van der Waals surface area (Å²) < 4.78 is 0. The van der Waals surface area contributed by atoms with Crippen LogP contribution in [0.25, 0.3) is 0 Å². The van der Waals surface area contributed by atoms with Crippen molar-refractivity contribution in [1.82, 2.24) is 10.3 Å². The smallest absolute Gasteiger partial charge is 0.110 e. The highest BCUT2D eigenvalue weighted by Crippen LogP contribution is 2.35. The molecule has 2 nitrogen and oxygen atoms in total. The molecule has 1 atom stereocenters. The zero-order chi connectivity index (χ0) is 13.0. The van der Waals surface area contributed by atoms with E-state index in [1.165, 1.54) is 49.2 Å². The normalized spacial score (nSPS) is 16.2. The molecule has 0 fully saturated rings. The van der Waals surface area contributed by atoms with Crippen LogP contribution < -0.4 is 5.32 Å². The van der Waals surface area contributed by atoms with E-state index in [0.29, 0.717) is 6.04 Å². The Kier molecular flexibility index (Phi) is 5.19. The molecule has 0 saturated heterocycles. The third-order valence-electron chi connectivity index (χ3n) is 4.01. The Morgan fingerprint density at radius 2 is 2.00 bits per heavy atom. The van der Waals surface area contributed by atoms with Gasteiger partial charge in [0.1, 0.15) is 5.01 Å². The first-order valence-corrected chi connectivity index (χ1v) is 8.33. The fraction of sp³-hybridized carbons (Fsp3) is 0.800. The molecular weight excluding hydrogens is 240 g/mol. The van der Waals surface area contributed by atoms with Crippen molar-refractivity contribution in [2.75, 3.05) is 6.54 Å². The fourth-order valence-electron chi connectivity index (χ4n) is 2.86. The van der Waals surface area contributed by atoms with Crippen LogP contribution in [0.3, 0.4) is 0 Å². The van der Waals surface area contributed by atoms with E-state index in [0.717, 1.165) is 12.5 Å². The van der Waals surface area contributed by atoms with Crippen LogP contribution in [0.2, 0.25) is 0 Å². The maximum absolute atomic E-state index is 4.92. The lowest BCUT2D eigenvalue weighted by atomic mass is 9.94. The molecule has 1 aliphatic rings. The van der Waals surface area contributed by atoms with E-state index in [4.69, 9.17) is 4.98 Å². The van der Waals surface area contributed by atoms with Gasteiger partial charge in [-0.1, -0.05) is 33.6 Å². The maximum atomic E-state index is 4.92. The van der Waals surface area contributed by atoms with Crippen molar-refractivity contribution in [3.63, 3.8) is 0 Å². The number of hydrogen-bond donors (Lipinski definition) is 1. The first kappa shape index (κ1) is 14.0. The van der Waals surface area contributed by atoms with Gasteiger partial charge in [-0.05, 0) is 38.1 Å². The lowest BCUT2D eigenvalue weighted by Crippen LogP contribution is -2.28. The van der Waals surface area contributed by atoms with Gasteiger partial charge in [0, 0.05) is 4.88 Å². The zero-order valence-electron chi connectivity index (χ0n) is 12.0. The van der Waals surface area contributed by atoms with Crippen molar-refractivity contribution in [1.29, 1.82) is 0 Å². The molecule has 0 bridgehead atoms. The summed E-state index contributed by atoms with van der Waals surface area (Å²) in [5.41, 5.74) is 1.39. The lowest BCUT2D eigenvalue weighted by molar-refractivity contribution is 0.340. The minimum absolute atomic E-state index is 0.482. The quantitative estimate of drug-likeness (QED) is 0.803. The summed E-state index contributed by atoms with van der Waals surface area (Å²) in [5, 5.41) is 5.07. The minimum Gasteiger partial charge on any atom is -0.308 e. The van der Waals surface area contributed by atoms with E-state index in [2.05, 4.69) is 26.1 Å². The van der Waals surface area contributed by atoms with Crippen LogP contribution in [0, 0.1) is 5.92 Å². The number of rotatable bonds is 7. The van der Waals surface area contributed by atoms with Gasteiger partial charge in [0.15, 0.2) is 0 Å². The average Bonchev–Trinajstić information content (AvgIpc) is 2.95. The molecule has 1 heterocycles. The van der Waals surface area contributed by atoms with Gasteiger partial charge in [-0.2, -0.15) is 0 Å². The molecule has 1 aromatic heterocycles. The van der Waals surface area contributed by atoms with E-state index in [9.17, 15) is 0 Å². The van der Waals surface area contributed by atoms with Gasteiger partial charge in [0.05, 0.1) is 11.7 Å². The molecule has 1 aromatic rings. The van der Waals surface area contributed by atoms with Gasteiger partial charge in [0.25, 0.3) is 0 Å². The molecule has 102 valence electrons. The second-order valence-electron chi connectivity index (χ2n) is 5.28. The summed E-state index contributed by atoms with van der Waals surface area (Å²) in [6.07, 6.45) is 7.45. The van der Waals surface area contributed by atoms with Crippen molar-refractivity contribution in [3.8, 4) is 0 Å². The second kappa shape index (κ2) is 6.67. The number of fused-ring (bicyclic) bond motifs is 1. The predicted molar refractivity (Wildman–Crippen MR) is 79.2 cm³/mol. The Bertz CT molecular complexity index is 347. The average molecular weight is 266 g/mol. The summed E-state index contributed by atoms with van der Waals surface area (Å²) in [6.45, 7) is 7.94. The van der Waals surface area contributed by atoms with Crippen LogP contribution in [0.15, 0.2) is 0 Å². The highest BCUT2D eigenvalue weighted by atomic mass is 32.1. The number of hydrogen-bond acceptors (Lipinski definition) is 3. The van der Waals surface area contributed by atoms with E-state index in [1.54, 1.807) is 4.88 Å². The zero-order valence-corrected chi connectivity index (χ0v) is 12.8. The molecule has 1 unspecified atom stereocenters. The monoisotopic (exact) mass is 266 g/mol. The van der Waals surface area contributed by atoms with Gasteiger partial charge in [-0.25, -0.2) is 4.98 Å². The highest BCUT2D eigenvalue weighted by Gasteiger charge is 2.26. The van der Waals surface area contributed by atoms with Crippen LogP contribution in [-0.4, -0.2) is 11.5 Å². The predicted octanol–water partition coefficient (Wildman–Crippen LogP) is 4.11. The molecule has 0 amide bonds. The number of nitrogens with zero attached hydrogens (tertiary/aromatic N) is 1. The topological polar surface area (TPSA) is 24.9 Å². The molecule has 3 heteroatoms. The standard InChI is InChI=1S/C15H26N2S/c1-4-10-16-14(11(5-2)6-3)15-17-12-8-7-9-13(12)18-15/h11,14,16H,4-10H2,1-3H3. The molecule has 2 rings (SSSR count). The number of aromatic nitrogens is 1. The molecule has 0 spiro atoms. The molecule has 0 radical (unpaired) electrons. The number of nitrogens with one attached hydrogen (secondary N) is 1. The molecule has 0 aliphatic heterocycles. The SMILES string of the molecule is CCCNC(c1nc2c(s1)CCC2)C(CC)CC. The van der Waals surface area contributed by atoms with Crippen molar-refractivity contribution >= 4 is 11.3 Å². The summed E-state index contributed by atoms with van der Waals surface area (Å²) in [7, 11) is 0. The van der Waals surface area contributed by atoms with E-state index in [-0.39, 0.29) is 0 Å². The van der Waals surface area contributed by atoms with Gasteiger partial charge in [0.2, 0.25) is 0 Å². The first-order valence-electron chi connectivity index (χ1n) is 7.51. The van der Waals surface area contributed by atoms with E-state index < -0.39 is 0 Å². The van der Waals surface area contributed by atoms with Crippen molar-refractivity contribution in [2.45, 2.75) is 65.3 Å². The molecule has 1 N–H and O–H groups in total. The number of thiazole rings is 1. The Labute approximate surface area is 115 Å². The third-order valence-corrected chi connectivity index (χ3v) is 5.25. The second-order valence-corrected chi connectivity index (χ2v) is 6.40. The first-order chi connectivity index (χ1) is 8.80. The van der Waals surface area contributed by atoms with Crippen LogP contribution in [0.5, 0.6) is 0 Å². The van der Waals surface area contributed by atoms with Crippen LogP contribution in [-0.2, 0) is 12.8 Å². The molecule has 0 aromatic carbocycles. The lowest BCUT2D eigenvalue weighted by Gasteiger charge is -2.24. The Morgan fingerprint density at radius 3 is 2.61 bits per heavy atom. The Hall–Kier alpha value is -0.410. The van der Waals surface area contributed by atoms with Crippen molar-refractivity contribution < 1.29 is 0 Å². The largest absolute Gasteiger partial charge is 0.308 e. The van der Waals surface area contributed by atoms with Gasteiger partial charge >= 0.3 is 0 Å².